The SMILES string of the molecule is CC(C)(C)c1coc2c1ccc1c3c4ccccc4ccc3n(-c3ccccc3)c12. The fourth-order valence-electron chi connectivity index (χ4n) is 4.78. The van der Waals surface area contributed by atoms with Gasteiger partial charge in [0.15, 0.2) is 5.58 Å². The summed E-state index contributed by atoms with van der Waals surface area (Å²) < 4.78 is 8.63. The Morgan fingerprint density at radius 2 is 1.43 bits per heavy atom. The third-order valence-corrected chi connectivity index (χ3v) is 6.18. The predicted octanol–water partition coefficient (Wildman–Crippen LogP) is 7.98. The molecule has 0 aliphatic carbocycles. The Labute approximate surface area is 175 Å². The first-order valence-corrected chi connectivity index (χ1v) is 10.5. The van der Waals surface area contributed by atoms with Gasteiger partial charge in [-0.1, -0.05) is 81.4 Å². The van der Waals surface area contributed by atoms with E-state index in [-0.39, 0.29) is 5.41 Å². The van der Waals surface area contributed by atoms with Crippen LogP contribution in [0.25, 0.3) is 49.2 Å². The smallest absolute Gasteiger partial charge is 0.158 e. The van der Waals surface area contributed by atoms with Crippen LogP contribution >= 0.6 is 0 Å². The second-order valence-corrected chi connectivity index (χ2v) is 9.09. The normalized spacial score (nSPS) is 12.5. The van der Waals surface area contributed by atoms with Crippen molar-refractivity contribution in [1.29, 1.82) is 0 Å². The number of para-hydroxylation sites is 1. The van der Waals surface area contributed by atoms with Gasteiger partial charge in [0, 0.05) is 27.4 Å². The van der Waals surface area contributed by atoms with Crippen LogP contribution < -0.4 is 0 Å². The fraction of sp³-hybridized carbons (Fsp3) is 0.143. The lowest BCUT2D eigenvalue weighted by Crippen LogP contribution is -2.09. The minimum Gasteiger partial charge on any atom is -0.462 e. The van der Waals surface area contributed by atoms with Gasteiger partial charge < -0.3 is 8.98 Å². The van der Waals surface area contributed by atoms with Crippen molar-refractivity contribution in [2.45, 2.75) is 26.2 Å². The Bertz CT molecular complexity index is 1560. The van der Waals surface area contributed by atoms with Gasteiger partial charge >= 0.3 is 0 Å². The molecule has 0 N–H and O–H groups in total. The van der Waals surface area contributed by atoms with Crippen LogP contribution in [0, 0.1) is 0 Å². The summed E-state index contributed by atoms with van der Waals surface area (Å²) in [6.45, 7) is 6.71. The third kappa shape index (κ3) is 2.31. The predicted molar refractivity (Wildman–Crippen MR) is 127 cm³/mol. The lowest BCUT2D eigenvalue weighted by Gasteiger charge is -2.16. The molecule has 0 spiro atoms. The molecule has 6 aromatic rings. The molecule has 0 saturated carbocycles. The van der Waals surface area contributed by atoms with Gasteiger partial charge in [-0.3, -0.25) is 0 Å². The summed E-state index contributed by atoms with van der Waals surface area (Å²) in [5, 5.41) is 6.23. The van der Waals surface area contributed by atoms with Crippen molar-refractivity contribution >= 4 is 43.5 Å². The molecule has 0 radical (unpaired) electrons. The summed E-state index contributed by atoms with van der Waals surface area (Å²) in [4.78, 5) is 0. The zero-order valence-corrected chi connectivity index (χ0v) is 17.4. The van der Waals surface area contributed by atoms with E-state index in [9.17, 15) is 0 Å². The van der Waals surface area contributed by atoms with Crippen molar-refractivity contribution in [2.24, 2.45) is 0 Å². The first-order chi connectivity index (χ1) is 14.5. The van der Waals surface area contributed by atoms with E-state index < -0.39 is 0 Å². The standard InChI is InChI=1S/C28H23NO/c1-28(2,3)23-17-30-27-21(23)14-15-22-25-20-12-8-7-9-18(20)13-16-24(25)29(26(22)27)19-10-5-4-6-11-19/h4-17H,1-3H3. The topological polar surface area (TPSA) is 18.1 Å². The summed E-state index contributed by atoms with van der Waals surface area (Å²) in [5.74, 6) is 0. The van der Waals surface area contributed by atoms with Crippen molar-refractivity contribution in [3.05, 3.63) is 90.7 Å². The molecule has 2 nitrogen and oxygen atoms in total. The maximum absolute atomic E-state index is 6.27. The summed E-state index contributed by atoms with van der Waals surface area (Å²) in [6, 6.07) is 28.2. The number of nitrogens with zero attached hydrogens (tertiary/aromatic N) is 1. The minimum atomic E-state index is 0.0230. The van der Waals surface area contributed by atoms with E-state index >= 15 is 0 Å². The Morgan fingerprint density at radius 3 is 2.23 bits per heavy atom. The molecule has 0 amide bonds. The lowest BCUT2D eigenvalue weighted by molar-refractivity contribution is 0.558. The number of hydrogen-bond donors (Lipinski definition) is 0. The number of rotatable bonds is 1. The third-order valence-electron chi connectivity index (χ3n) is 6.18. The molecular weight excluding hydrogens is 366 g/mol. The zero-order chi connectivity index (χ0) is 20.5. The zero-order valence-electron chi connectivity index (χ0n) is 17.4. The van der Waals surface area contributed by atoms with Crippen molar-refractivity contribution in [3.63, 3.8) is 0 Å². The number of benzene rings is 4. The monoisotopic (exact) mass is 389 g/mol. The quantitative estimate of drug-likeness (QED) is 0.279. The van der Waals surface area contributed by atoms with Crippen molar-refractivity contribution in [3.8, 4) is 5.69 Å². The van der Waals surface area contributed by atoms with Crippen molar-refractivity contribution in [1.82, 2.24) is 4.57 Å². The van der Waals surface area contributed by atoms with Crippen LogP contribution in [0.5, 0.6) is 0 Å². The van der Waals surface area contributed by atoms with Gasteiger partial charge in [0.1, 0.15) is 0 Å². The Hall–Kier alpha value is -3.52. The first kappa shape index (κ1) is 17.3. The van der Waals surface area contributed by atoms with Gasteiger partial charge in [0.05, 0.1) is 17.3 Å². The highest BCUT2D eigenvalue weighted by Crippen LogP contribution is 2.42. The van der Waals surface area contributed by atoms with Crippen LogP contribution in [0.4, 0.5) is 0 Å². The van der Waals surface area contributed by atoms with Gasteiger partial charge in [0.2, 0.25) is 0 Å². The van der Waals surface area contributed by atoms with Gasteiger partial charge in [-0.2, -0.15) is 0 Å². The molecule has 0 fully saturated rings. The highest BCUT2D eigenvalue weighted by molar-refractivity contribution is 6.25. The van der Waals surface area contributed by atoms with E-state index in [1.807, 2.05) is 6.26 Å². The fourth-order valence-corrected chi connectivity index (χ4v) is 4.78. The highest BCUT2D eigenvalue weighted by Gasteiger charge is 2.24. The van der Waals surface area contributed by atoms with Crippen LogP contribution in [0.1, 0.15) is 26.3 Å². The van der Waals surface area contributed by atoms with Crippen molar-refractivity contribution < 1.29 is 4.42 Å². The van der Waals surface area contributed by atoms with E-state index in [1.165, 1.54) is 38.0 Å². The minimum absolute atomic E-state index is 0.0230. The van der Waals surface area contributed by atoms with E-state index in [1.54, 1.807) is 0 Å². The molecule has 0 aliphatic rings. The molecule has 0 unspecified atom stereocenters. The molecule has 6 rings (SSSR count). The van der Waals surface area contributed by atoms with E-state index in [0.29, 0.717) is 0 Å². The molecule has 0 saturated heterocycles. The molecule has 2 aromatic heterocycles. The molecule has 146 valence electrons. The summed E-state index contributed by atoms with van der Waals surface area (Å²) in [6.07, 6.45) is 1.94. The molecular formula is C28H23NO. The van der Waals surface area contributed by atoms with Crippen LogP contribution in [0.2, 0.25) is 0 Å². The largest absolute Gasteiger partial charge is 0.462 e. The van der Waals surface area contributed by atoms with E-state index in [0.717, 1.165) is 16.8 Å². The number of hydrogen-bond acceptors (Lipinski definition) is 1. The average molecular weight is 389 g/mol. The van der Waals surface area contributed by atoms with E-state index in [4.69, 9.17) is 4.42 Å². The van der Waals surface area contributed by atoms with Gasteiger partial charge in [-0.05, 0) is 34.4 Å². The van der Waals surface area contributed by atoms with Crippen LogP contribution in [-0.2, 0) is 5.41 Å². The lowest BCUT2D eigenvalue weighted by atomic mass is 9.86. The van der Waals surface area contributed by atoms with Gasteiger partial charge in [-0.15, -0.1) is 0 Å². The summed E-state index contributed by atoms with van der Waals surface area (Å²) in [5.41, 5.74) is 5.72. The highest BCUT2D eigenvalue weighted by atomic mass is 16.3. The summed E-state index contributed by atoms with van der Waals surface area (Å²) >= 11 is 0. The van der Waals surface area contributed by atoms with E-state index in [2.05, 4.69) is 104 Å². The van der Waals surface area contributed by atoms with Gasteiger partial charge in [-0.25, -0.2) is 0 Å². The number of fused-ring (bicyclic) bond motifs is 7. The summed E-state index contributed by atoms with van der Waals surface area (Å²) in [7, 11) is 0. The van der Waals surface area contributed by atoms with Crippen LogP contribution in [-0.4, -0.2) is 4.57 Å². The molecule has 4 aromatic carbocycles. The second-order valence-electron chi connectivity index (χ2n) is 9.09. The Balaban J connectivity index is 1.89. The number of aromatic nitrogens is 1. The molecule has 0 aliphatic heterocycles. The maximum atomic E-state index is 6.27. The molecule has 2 heteroatoms. The Morgan fingerprint density at radius 1 is 0.700 bits per heavy atom. The van der Waals surface area contributed by atoms with Crippen LogP contribution in [0.15, 0.2) is 89.5 Å². The molecule has 30 heavy (non-hydrogen) atoms. The Kier molecular flexibility index (Phi) is 3.47. The first-order valence-electron chi connectivity index (χ1n) is 10.5. The van der Waals surface area contributed by atoms with Gasteiger partial charge in [0.25, 0.3) is 0 Å². The molecule has 0 bridgehead atoms. The van der Waals surface area contributed by atoms with Crippen LogP contribution in [0.3, 0.4) is 0 Å². The maximum Gasteiger partial charge on any atom is 0.158 e. The van der Waals surface area contributed by atoms with Crippen molar-refractivity contribution in [2.75, 3.05) is 0 Å². The number of furan rings is 1. The molecule has 0 atom stereocenters. The molecule has 2 heterocycles. The second kappa shape index (κ2) is 5.99. The average Bonchev–Trinajstić information content (AvgIpc) is 3.33.